The highest BCUT2D eigenvalue weighted by Gasteiger charge is 2.16. The van der Waals surface area contributed by atoms with Crippen molar-refractivity contribution in [2.24, 2.45) is 0 Å². The molecular formula is C11H13F2NO3. The van der Waals surface area contributed by atoms with E-state index >= 15 is 0 Å². The first-order valence-corrected chi connectivity index (χ1v) is 5.01. The summed E-state index contributed by atoms with van der Waals surface area (Å²) in [5, 5.41) is 20.7. The molecule has 17 heavy (non-hydrogen) atoms. The van der Waals surface area contributed by atoms with E-state index in [0.717, 1.165) is 18.2 Å². The zero-order valence-electron chi connectivity index (χ0n) is 9.15. The molecule has 4 nitrogen and oxygen atoms in total. The molecule has 1 aromatic rings. The summed E-state index contributed by atoms with van der Waals surface area (Å²) in [6.45, 7) is 1.21. The summed E-state index contributed by atoms with van der Waals surface area (Å²) in [6, 6.07) is 1.86. The van der Waals surface area contributed by atoms with E-state index in [9.17, 15) is 18.7 Å². The van der Waals surface area contributed by atoms with E-state index in [1.165, 1.54) is 6.92 Å². The lowest BCUT2D eigenvalue weighted by Crippen LogP contribution is -2.36. The normalized spacial score (nSPS) is 14.4. The van der Waals surface area contributed by atoms with Crippen molar-refractivity contribution in [2.45, 2.75) is 19.1 Å². The molecule has 0 fully saturated rings. The van der Waals surface area contributed by atoms with Gasteiger partial charge in [0.25, 0.3) is 0 Å². The molecule has 0 aromatic heterocycles. The summed E-state index contributed by atoms with van der Waals surface area (Å²) in [4.78, 5) is 10.5. The molecule has 0 bridgehead atoms. The Balaban J connectivity index is 2.66. The lowest BCUT2D eigenvalue weighted by molar-refractivity contribution is -0.139. The Hall–Kier alpha value is -1.53. The van der Waals surface area contributed by atoms with Gasteiger partial charge in [-0.3, -0.25) is 4.79 Å². The van der Waals surface area contributed by atoms with Gasteiger partial charge >= 0.3 is 5.97 Å². The number of hydrogen-bond acceptors (Lipinski definition) is 3. The van der Waals surface area contributed by atoms with Crippen LogP contribution in [0.4, 0.5) is 8.78 Å². The molecule has 0 saturated carbocycles. The molecule has 0 aliphatic heterocycles. The van der Waals surface area contributed by atoms with Crippen LogP contribution in [0.2, 0.25) is 0 Å². The minimum Gasteiger partial charge on any atom is -0.480 e. The van der Waals surface area contributed by atoms with Crippen LogP contribution in [0.25, 0.3) is 0 Å². The van der Waals surface area contributed by atoms with Gasteiger partial charge in [-0.1, -0.05) is 0 Å². The van der Waals surface area contributed by atoms with Crippen molar-refractivity contribution in [2.75, 3.05) is 6.54 Å². The largest absolute Gasteiger partial charge is 0.480 e. The number of carbonyl (C=O) groups is 1. The molecule has 2 atom stereocenters. The van der Waals surface area contributed by atoms with Gasteiger partial charge < -0.3 is 15.5 Å². The summed E-state index contributed by atoms with van der Waals surface area (Å²) in [7, 11) is 0. The van der Waals surface area contributed by atoms with Gasteiger partial charge in [-0.25, -0.2) is 8.78 Å². The summed E-state index contributed by atoms with van der Waals surface area (Å²) in [6.07, 6.45) is -1.30. The number of hydrogen-bond donors (Lipinski definition) is 3. The number of aliphatic hydroxyl groups excluding tert-OH is 1. The fourth-order valence-electron chi connectivity index (χ4n) is 1.26. The second-order valence-electron chi connectivity index (χ2n) is 3.65. The lowest BCUT2D eigenvalue weighted by atomic mass is 10.1. The maximum Gasteiger partial charge on any atom is 0.320 e. The van der Waals surface area contributed by atoms with Crippen LogP contribution in [0.5, 0.6) is 0 Å². The highest BCUT2D eigenvalue weighted by atomic mass is 19.1. The summed E-state index contributed by atoms with van der Waals surface area (Å²) >= 11 is 0. The van der Waals surface area contributed by atoms with E-state index in [1.54, 1.807) is 0 Å². The fraction of sp³-hybridized carbons (Fsp3) is 0.364. The number of benzene rings is 1. The molecule has 1 aromatic carbocycles. The van der Waals surface area contributed by atoms with Gasteiger partial charge in [-0.15, -0.1) is 0 Å². The Morgan fingerprint density at radius 1 is 1.47 bits per heavy atom. The van der Waals surface area contributed by atoms with Gasteiger partial charge in [0.1, 0.15) is 17.7 Å². The third-order valence-electron chi connectivity index (χ3n) is 2.30. The van der Waals surface area contributed by atoms with E-state index in [-0.39, 0.29) is 12.1 Å². The van der Waals surface area contributed by atoms with Crippen molar-refractivity contribution >= 4 is 5.97 Å². The van der Waals surface area contributed by atoms with Crippen LogP contribution < -0.4 is 5.32 Å². The van der Waals surface area contributed by atoms with Crippen LogP contribution >= 0.6 is 0 Å². The van der Waals surface area contributed by atoms with E-state index < -0.39 is 29.7 Å². The van der Waals surface area contributed by atoms with Crippen LogP contribution in [-0.4, -0.2) is 28.8 Å². The molecule has 0 heterocycles. The molecule has 2 unspecified atom stereocenters. The molecule has 1 rings (SSSR count). The minimum absolute atomic E-state index is 0.173. The van der Waals surface area contributed by atoms with Crippen molar-refractivity contribution in [3.05, 3.63) is 35.4 Å². The van der Waals surface area contributed by atoms with Crippen molar-refractivity contribution in [1.29, 1.82) is 0 Å². The number of aliphatic hydroxyl groups is 1. The molecule has 3 N–H and O–H groups in total. The van der Waals surface area contributed by atoms with Crippen molar-refractivity contribution in [3.63, 3.8) is 0 Å². The van der Waals surface area contributed by atoms with Gasteiger partial charge in [0.2, 0.25) is 0 Å². The topological polar surface area (TPSA) is 69.6 Å². The van der Waals surface area contributed by atoms with Gasteiger partial charge in [0.15, 0.2) is 0 Å². The zero-order chi connectivity index (χ0) is 13.0. The smallest absolute Gasteiger partial charge is 0.320 e. The van der Waals surface area contributed by atoms with E-state index in [0.29, 0.717) is 0 Å². The fourth-order valence-corrected chi connectivity index (χ4v) is 1.26. The second kappa shape index (κ2) is 5.70. The quantitative estimate of drug-likeness (QED) is 0.725. The minimum atomic E-state index is -1.30. The van der Waals surface area contributed by atoms with Gasteiger partial charge in [0, 0.05) is 12.1 Å². The molecule has 6 heteroatoms. The number of aliphatic carboxylic acids is 1. The highest BCUT2D eigenvalue weighted by molar-refractivity contribution is 5.72. The van der Waals surface area contributed by atoms with E-state index in [2.05, 4.69) is 5.32 Å². The maximum absolute atomic E-state index is 13.2. The average molecular weight is 245 g/mol. The molecule has 0 amide bonds. The molecule has 0 aliphatic carbocycles. The van der Waals surface area contributed by atoms with Crippen molar-refractivity contribution < 1.29 is 23.8 Å². The first-order valence-electron chi connectivity index (χ1n) is 5.01. The number of halogens is 2. The van der Waals surface area contributed by atoms with Crippen molar-refractivity contribution in [3.8, 4) is 0 Å². The van der Waals surface area contributed by atoms with E-state index in [4.69, 9.17) is 5.11 Å². The first kappa shape index (κ1) is 13.5. The zero-order valence-corrected chi connectivity index (χ0v) is 9.15. The summed E-state index contributed by atoms with van der Waals surface area (Å²) < 4.78 is 26.1. The van der Waals surface area contributed by atoms with Gasteiger partial charge in [-0.2, -0.15) is 0 Å². The average Bonchev–Trinajstić information content (AvgIpc) is 2.28. The number of nitrogens with one attached hydrogen (secondary N) is 1. The molecule has 0 aliphatic rings. The maximum atomic E-state index is 13.2. The van der Waals surface area contributed by atoms with Gasteiger partial charge in [-0.05, 0) is 25.1 Å². The molecule has 0 spiro atoms. The SMILES string of the molecule is CC(NCC(O)c1cc(F)ccc1F)C(=O)O. The number of rotatable bonds is 5. The van der Waals surface area contributed by atoms with E-state index in [1.807, 2.05) is 0 Å². The molecule has 94 valence electrons. The summed E-state index contributed by atoms with van der Waals surface area (Å²) in [5.41, 5.74) is -0.199. The van der Waals surface area contributed by atoms with Crippen LogP contribution in [-0.2, 0) is 4.79 Å². The monoisotopic (exact) mass is 245 g/mol. The Morgan fingerprint density at radius 3 is 2.71 bits per heavy atom. The molecular weight excluding hydrogens is 232 g/mol. The first-order chi connectivity index (χ1) is 7.91. The van der Waals surface area contributed by atoms with Crippen LogP contribution in [0.3, 0.4) is 0 Å². The molecule has 0 radical (unpaired) electrons. The third kappa shape index (κ3) is 3.76. The predicted octanol–water partition coefficient (Wildman–Crippen LogP) is 1.06. The second-order valence-corrected chi connectivity index (χ2v) is 3.65. The standard InChI is InChI=1S/C11H13F2NO3/c1-6(11(16)17)14-5-10(15)8-4-7(12)2-3-9(8)13/h2-4,6,10,14-15H,5H2,1H3,(H,16,17). The van der Waals surface area contributed by atoms with Crippen molar-refractivity contribution in [1.82, 2.24) is 5.32 Å². The van der Waals surface area contributed by atoms with Gasteiger partial charge in [0.05, 0.1) is 6.10 Å². The van der Waals surface area contributed by atoms with Crippen LogP contribution in [0, 0.1) is 11.6 Å². The lowest BCUT2D eigenvalue weighted by Gasteiger charge is -2.15. The Labute approximate surface area is 96.9 Å². The summed E-state index contributed by atoms with van der Waals surface area (Å²) in [5.74, 6) is -2.48. The Bertz CT molecular complexity index is 412. The highest BCUT2D eigenvalue weighted by Crippen LogP contribution is 2.17. The third-order valence-corrected chi connectivity index (χ3v) is 2.30. The van der Waals surface area contributed by atoms with Crippen LogP contribution in [0.15, 0.2) is 18.2 Å². The molecule has 0 saturated heterocycles. The Morgan fingerprint density at radius 2 is 2.12 bits per heavy atom. The number of carboxylic acids is 1. The van der Waals surface area contributed by atoms with Crippen LogP contribution in [0.1, 0.15) is 18.6 Å². The Kier molecular flexibility index (Phi) is 4.53. The number of carboxylic acid groups (broad SMARTS) is 1. The predicted molar refractivity (Wildman–Crippen MR) is 56.4 cm³/mol.